The highest BCUT2D eigenvalue weighted by Crippen LogP contribution is 2.32. The summed E-state index contributed by atoms with van der Waals surface area (Å²) in [6.07, 6.45) is 5.70. The number of carbonyl (C=O) groups is 1. The summed E-state index contributed by atoms with van der Waals surface area (Å²) in [5.41, 5.74) is 1.48. The van der Waals surface area contributed by atoms with Crippen molar-refractivity contribution in [3.8, 4) is 17.1 Å². The molecule has 9 heteroatoms. The van der Waals surface area contributed by atoms with Crippen LogP contribution in [-0.4, -0.2) is 39.5 Å². The fourth-order valence-corrected chi connectivity index (χ4v) is 3.67. The normalized spacial score (nSPS) is 16.3. The fraction of sp³-hybridized carbons (Fsp3) is 0.261. The molecule has 4 rings (SSSR count). The van der Waals surface area contributed by atoms with Crippen molar-refractivity contribution in [2.45, 2.75) is 25.3 Å². The third-order valence-corrected chi connectivity index (χ3v) is 5.36. The van der Waals surface area contributed by atoms with Crippen molar-refractivity contribution in [2.24, 2.45) is 0 Å². The van der Waals surface area contributed by atoms with Crippen LogP contribution >= 0.6 is 0 Å². The number of amides is 1. The molecule has 1 aromatic heterocycles. The lowest BCUT2D eigenvalue weighted by Crippen LogP contribution is -2.37. The summed E-state index contributed by atoms with van der Waals surface area (Å²) in [7, 11) is 1.59. The van der Waals surface area contributed by atoms with Crippen LogP contribution in [0.5, 0.6) is 5.75 Å². The van der Waals surface area contributed by atoms with E-state index in [1.165, 1.54) is 18.2 Å². The molecule has 0 spiro atoms. The maximum atomic E-state index is 12.9. The largest absolute Gasteiger partial charge is 0.497 e. The predicted molar refractivity (Wildman–Crippen MR) is 117 cm³/mol. The second-order valence-corrected chi connectivity index (χ2v) is 7.41. The van der Waals surface area contributed by atoms with E-state index in [9.17, 15) is 14.9 Å². The van der Waals surface area contributed by atoms with Gasteiger partial charge in [0.2, 0.25) is 17.6 Å². The van der Waals surface area contributed by atoms with E-state index in [0.29, 0.717) is 29.6 Å². The van der Waals surface area contributed by atoms with E-state index in [1.54, 1.807) is 30.2 Å². The minimum absolute atomic E-state index is 0.00723. The van der Waals surface area contributed by atoms with Gasteiger partial charge in [-0.25, -0.2) is 0 Å². The monoisotopic (exact) mass is 434 g/mol. The minimum Gasteiger partial charge on any atom is -0.497 e. The number of nitro groups is 1. The van der Waals surface area contributed by atoms with E-state index in [0.717, 1.165) is 24.8 Å². The van der Waals surface area contributed by atoms with Crippen molar-refractivity contribution >= 4 is 17.7 Å². The number of non-ortho nitro benzene ring substituents is 1. The Bertz CT molecular complexity index is 1140. The molecule has 0 radical (unpaired) electrons. The fourth-order valence-electron chi connectivity index (χ4n) is 3.67. The van der Waals surface area contributed by atoms with Crippen LogP contribution in [0.4, 0.5) is 5.69 Å². The molecule has 0 saturated carbocycles. The SMILES string of the molecule is COc1cccc(-c2noc(C3CCCCN3C(=O)/C=C/c3ccc([N+](=O)[O-])cc3)n2)c1. The number of carbonyl (C=O) groups excluding carboxylic acids is 1. The van der Waals surface area contributed by atoms with Gasteiger partial charge in [0.05, 0.1) is 12.0 Å². The van der Waals surface area contributed by atoms with Crippen LogP contribution in [0.25, 0.3) is 17.5 Å². The Kier molecular flexibility index (Phi) is 6.25. The standard InChI is InChI=1S/C23H22N4O5/c1-31-19-6-4-5-17(15-19)22-24-23(32-25-22)20-7-2-3-14-26(20)21(28)13-10-16-8-11-18(12-9-16)27(29)30/h4-6,8-13,15,20H,2-3,7,14H2,1H3/b13-10+. The van der Waals surface area contributed by atoms with Gasteiger partial charge in [-0.1, -0.05) is 17.3 Å². The molecule has 1 unspecified atom stereocenters. The summed E-state index contributed by atoms with van der Waals surface area (Å²) in [5, 5.41) is 14.9. The summed E-state index contributed by atoms with van der Waals surface area (Å²) in [6, 6.07) is 13.1. The number of methoxy groups -OCH3 is 1. The number of hydrogen-bond donors (Lipinski definition) is 0. The highest BCUT2D eigenvalue weighted by atomic mass is 16.6. The highest BCUT2D eigenvalue weighted by Gasteiger charge is 2.31. The number of piperidine rings is 1. The molecule has 0 bridgehead atoms. The zero-order chi connectivity index (χ0) is 22.5. The van der Waals surface area contributed by atoms with Crippen LogP contribution in [0.1, 0.15) is 36.8 Å². The summed E-state index contributed by atoms with van der Waals surface area (Å²) in [5.74, 6) is 1.37. The van der Waals surface area contributed by atoms with Gasteiger partial charge in [-0.2, -0.15) is 4.98 Å². The number of likely N-dealkylation sites (tertiary alicyclic amines) is 1. The molecule has 164 valence electrons. The van der Waals surface area contributed by atoms with E-state index >= 15 is 0 Å². The first-order valence-corrected chi connectivity index (χ1v) is 10.3. The first-order valence-electron chi connectivity index (χ1n) is 10.3. The summed E-state index contributed by atoms with van der Waals surface area (Å²) in [6.45, 7) is 0.588. The van der Waals surface area contributed by atoms with Crippen molar-refractivity contribution in [3.05, 3.63) is 76.2 Å². The lowest BCUT2D eigenvalue weighted by molar-refractivity contribution is -0.384. The third-order valence-electron chi connectivity index (χ3n) is 5.36. The molecule has 1 aliphatic rings. The Morgan fingerprint density at radius 1 is 1.25 bits per heavy atom. The number of aromatic nitrogens is 2. The number of nitro benzene ring substituents is 1. The quantitative estimate of drug-likeness (QED) is 0.321. The molecule has 1 amide bonds. The number of hydrogen-bond acceptors (Lipinski definition) is 7. The van der Waals surface area contributed by atoms with Crippen molar-refractivity contribution in [1.29, 1.82) is 0 Å². The molecule has 32 heavy (non-hydrogen) atoms. The third kappa shape index (κ3) is 4.66. The van der Waals surface area contributed by atoms with Gasteiger partial charge in [0, 0.05) is 30.3 Å². The second-order valence-electron chi connectivity index (χ2n) is 7.41. The average Bonchev–Trinajstić information content (AvgIpc) is 3.33. The molecule has 0 aliphatic carbocycles. The molecule has 1 saturated heterocycles. The lowest BCUT2D eigenvalue weighted by Gasteiger charge is -2.32. The summed E-state index contributed by atoms with van der Waals surface area (Å²) >= 11 is 0. The van der Waals surface area contributed by atoms with Crippen LogP contribution in [0, 0.1) is 10.1 Å². The van der Waals surface area contributed by atoms with Crippen molar-refractivity contribution in [3.63, 3.8) is 0 Å². The molecular weight excluding hydrogens is 412 g/mol. The average molecular weight is 434 g/mol. The molecule has 1 aliphatic heterocycles. The van der Waals surface area contributed by atoms with E-state index in [1.807, 2.05) is 24.3 Å². The first kappa shape index (κ1) is 21.2. The van der Waals surface area contributed by atoms with Gasteiger partial charge in [0.15, 0.2) is 0 Å². The molecular formula is C23H22N4O5. The molecule has 3 aromatic rings. The highest BCUT2D eigenvalue weighted by molar-refractivity contribution is 5.92. The first-order chi connectivity index (χ1) is 15.5. The van der Waals surface area contributed by atoms with Crippen LogP contribution in [0.2, 0.25) is 0 Å². The van der Waals surface area contributed by atoms with Crippen molar-refractivity contribution in [2.75, 3.05) is 13.7 Å². The molecule has 1 atom stereocenters. The smallest absolute Gasteiger partial charge is 0.269 e. The minimum atomic E-state index is -0.457. The van der Waals surface area contributed by atoms with Crippen molar-refractivity contribution < 1.29 is 19.0 Å². The van der Waals surface area contributed by atoms with Gasteiger partial charge in [0.25, 0.3) is 5.69 Å². The zero-order valence-electron chi connectivity index (χ0n) is 17.5. The van der Waals surface area contributed by atoms with Crippen molar-refractivity contribution in [1.82, 2.24) is 15.0 Å². The Balaban J connectivity index is 1.50. The Hall–Kier alpha value is -4.01. The summed E-state index contributed by atoms with van der Waals surface area (Å²) < 4.78 is 10.8. The van der Waals surface area contributed by atoms with Gasteiger partial charge >= 0.3 is 0 Å². The Morgan fingerprint density at radius 2 is 2.06 bits per heavy atom. The number of rotatable bonds is 6. The van der Waals surface area contributed by atoms with Gasteiger partial charge in [-0.15, -0.1) is 0 Å². The van der Waals surface area contributed by atoms with E-state index in [2.05, 4.69) is 10.1 Å². The lowest BCUT2D eigenvalue weighted by atomic mass is 10.0. The van der Waals surface area contributed by atoms with Crippen LogP contribution in [0.3, 0.4) is 0 Å². The van der Waals surface area contributed by atoms with Gasteiger partial charge in [0.1, 0.15) is 11.8 Å². The number of ether oxygens (including phenoxy) is 1. The predicted octanol–water partition coefficient (Wildman–Crippen LogP) is 4.42. The van der Waals surface area contributed by atoms with E-state index in [4.69, 9.17) is 9.26 Å². The van der Waals surface area contributed by atoms with E-state index in [-0.39, 0.29) is 17.6 Å². The topological polar surface area (TPSA) is 112 Å². The Morgan fingerprint density at radius 3 is 2.81 bits per heavy atom. The maximum absolute atomic E-state index is 12.9. The van der Waals surface area contributed by atoms with Gasteiger partial charge < -0.3 is 14.2 Å². The molecule has 2 heterocycles. The molecule has 2 aromatic carbocycles. The van der Waals surface area contributed by atoms with Gasteiger partial charge in [-0.3, -0.25) is 14.9 Å². The number of benzene rings is 2. The summed E-state index contributed by atoms with van der Waals surface area (Å²) in [4.78, 5) is 29.5. The zero-order valence-corrected chi connectivity index (χ0v) is 17.5. The maximum Gasteiger partial charge on any atom is 0.269 e. The van der Waals surface area contributed by atoms with Gasteiger partial charge in [-0.05, 0) is 55.2 Å². The Labute approximate surface area is 184 Å². The second kappa shape index (κ2) is 9.42. The van der Waals surface area contributed by atoms with E-state index < -0.39 is 4.92 Å². The molecule has 0 N–H and O–H groups in total. The molecule has 1 fully saturated rings. The van der Waals surface area contributed by atoms with Crippen LogP contribution in [-0.2, 0) is 4.79 Å². The number of nitrogens with zero attached hydrogens (tertiary/aromatic N) is 4. The molecule has 9 nitrogen and oxygen atoms in total. The van der Waals surface area contributed by atoms with Crippen LogP contribution in [0.15, 0.2) is 59.1 Å². The van der Waals surface area contributed by atoms with Crippen LogP contribution < -0.4 is 4.74 Å².